The van der Waals surface area contributed by atoms with Crippen LogP contribution in [0.2, 0.25) is 0 Å². The van der Waals surface area contributed by atoms with Crippen LogP contribution in [-0.2, 0) is 0 Å². The van der Waals surface area contributed by atoms with Crippen molar-refractivity contribution in [3.05, 3.63) is 42.6 Å². The Bertz CT molecular complexity index is 629. The zero-order chi connectivity index (χ0) is 11.0. The van der Waals surface area contributed by atoms with Crippen LogP contribution in [-0.4, -0.2) is 19.6 Å². The van der Waals surface area contributed by atoms with Crippen LogP contribution < -0.4 is 5.73 Å². The van der Waals surface area contributed by atoms with E-state index >= 15 is 0 Å². The van der Waals surface area contributed by atoms with Gasteiger partial charge in [-0.25, -0.2) is 9.50 Å². The van der Waals surface area contributed by atoms with E-state index in [1.54, 1.807) is 10.7 Å². The van der Waals surface area contributed by atoms with Crippen molar-refractivity contribution in [2.75, 3.05) is 5.73 Å². The maximum atomic E-state index is 5.50. The van der Waals surface area contributed by atoms with Gasteiger partial charge in [0, 0.05) is 11.8 Å². The first-order chi connectivity index (χ1) is 7.83. The van der Waals surface area contributed by atoms with Gasteiger partial charge in [0.15, 0.2) is 0 Å². The highest BCUT2D eigenvalue weighted by Crippen LogP contribution is 2.16. The molecule has 0 unspecified atom stereocenters. The van der Waals surface area contributed by atoms with Crippen molar-refractivity contribution in [1.82, 2.24) is 19.6 Å². The molecule has 5 nitrogen and oxygen atoms in total. The lowest BCUT2D eigenvalue weighted by Gasteiger charge is -1.99. The summed E-state index contributed by atoms with van der Waals surface area (Å²) in [6.07, 6.45) is 1.80. The monoisotopic (exact) mass is 211 g/mol. The third kappa shape index (κ3) is 1.38. The van der Waals surface area contributed by atoms with Crippen LogP contribution in [0, 0.1) is 0 Å². The van der Waals surface area contributed by atoms with Gasteiger partial charge in [0.05, 0.1) is 5.69 Å². The number of benzene rings is 1. The molecule has 0 aliphatic carbocycles. The standard InChI is InChI=1S/C11H9N5/c12-10-14-11-13-9(6-7-16(11)15-10)8-4-2-1-3-5-8/h1-7H,(H2,12,15). The highest BCUT2D eigenvalue weighted by molar-refractivity contribution is 5.60. The molecule has 78 valence electrons. The minimum Gasteiger partial charge on any atom is -0.366 e. The Morgan fingerprint density at radius 1 is 1.00 bits per heavy atom. The molecule has 2 heterocycles. The lowest BCUT2D eigenvalue weighted by atomic mass is 10.1. The van der Waals surface area contributed by atoms with Crippen LogP contribution in [0.4, 0.5) is 5.95 Å². The molecule has 0 bridgehead atoms. The Labute approximate surface area is 91.6 Å². The molecule has 0 radical (unpaired) electrons. The average Bonchev–Trinajstić information content (AvgIpc) is 2.69. The minimum absolute atomic E-state index is 0.234. The number of nitrogens with zero attached hydrogens (tertiary/aromatic N) is 4. The lowest BCUT2D eigenvalue weighted by Crippen LogP contribution is -1.92. The fourth-order valence-electron chi connectivity index (χ4n) is 1.56. The fourth-order valence-corrected chi connectivity index (χ4v) is 1.56. The van der Waals surface area contributed by atoms with Gasteiger partial charge in [0.2, 0.25) is 5.95 Å². The SMILES string of the molecule is Nc1nc2nc(-c3ccccc3)ccn2n1. The quantitative estimate of drug-likeness (QED) is 0.660. The Balaban J connectivity index is 2.18. The van der Waals surface area contributed by atoms with Gasteiger partial charge in [0.25, 0.3) is 5.78 Å². The van der Waals surface area contributed by atoms with Crippen LogP contribution in [0.1, 0.15) is 0 Å². The topological polar surface area (TPSA) is 69.1 Å². The largest absolute Gasteiger partial charge is 0.366 e. The summed E-state index contributed by atoms with van der Waals surface area (Å²) in [5.74, 6) is 0.747. The Morgan fingerprint density at radius 2 is 1.81 bits per heavy atom. The molecule has 0 spiro atoms. The van der Waals surface area contributed by atoms with E-state index in [9.17, 15) is 0 Å². The molecule has 0 aliphatic heterocycles. The van der Waals surface area contributed by atoms with E-state index in [0.717, 1.165) is 11.3 Å². The van der Waals surface area contributed by atoms with Crippen LogP contribution >= 0.6 is 0 Å². The van der Waals surface area contributed by atoms with Crippen LogP contribution in [0.15, 0.2) is 42.6 Å². The number of hydrogen-bond acceptors (Lipinski definition) is 4. The summed E-state index contributed by atoms with van der Waals surface area (Å²) in [4.78, 5) is 8.39. The average molecular weight is 211 g/mol. The molecular weight excluding hydrogens is 202 g/mol. The molecule has 1 aromatic carbocycles. The predicted octanol–water partition coefficient (Wildman–Crippen LogP) is 1.37. The number of fused-ring (bicyclic) bond motifs is 1. The second-order valence-corrected chi connectivity index (χ2v) is 3.39. The third-order valence-corrected chi connectivity index (χ3v) is 2.29. The van der Waals surface area contributed by atoms with E-state index in [1.165, 1.54) is 0 Å². The van der Waals surface area contributed by atoms with Gasteiger partial charge in [-0.3, -0.25) is 0 Å². The van der Waals surface area contributed by atoms with E-state index in [0.29, 0.717) is 5.78 Å². The number of nitrogen functional groups attached to an aromatic ring is 1. The minimum atomic E-state index is 0.234. The van der Waals surface area contributed by atoms with Gasteiger partial charge < -0.3 is 5.73 Å². The predicted molar refractivity (Wildman–Crippen MR) is 60.6 cm³/mol. The molecule has 0 fully saturated rings. The van der Waals surface area contributed by atoms with Crippen LogP contribution in [0.25, 0.3) is 17.0 Å². The van der Waals surface area contributed by atoms with E-state index in [1.807, 2.05) is 36.4 Å². The van der Waals surface area contributed by atoms with E-state index in [4.69, 9.17) is 5.73 Å². The molecule has 2 aromatic heterocycles. The number of aromatic nitrogens is 4. The summed E-state index contributed by atoms with van der Waals surface area (Å²) in [7, 11) is 0. The Kier molecular flexibility index (Phi) is 1.83. The molecular formula is C11H9N5. The van der Waals surface area contributed by atoms with Crippen LogP contribution in [0.5, 0.6) is 0 Å². The maximum Gasteiger partial charge on any atom is 0.254 e. The second kappa shape index (κ2) is 3.30. The fraction of sp³-hybridized carbons (Fsp3) is 0. The zero-order valence-electron chi connectivity index (χ0n) is 8.41. The number of rotatable bonds is 1. The van der Waals surface area contributed by atoms with Gasteiger partial charge in [-0.15, -0.1) is 5.10 Å². The maximum absolute atomic E-state index is 5.50. The smallest absolute Gasteiger partial charge is 0.254 e. The lowest BCUT2D eigenvalue weighted by molar-refractivity contribution is 0.946. The second-order valence-electron chi connectivity index (χ2n) is 3.39. The Hall–Kier alpha value is -2.43. The molecule has 0 amide bonds. The van der Waals surface area contributed by atoms with Crippen molar-refractivity contribution in [3.8, 4) is 11.3 Å². The first-order valence-electron chi connectivity index (χ1n) is 4.87. The van der Waals surface area contributed by atoms with Crippen molar-refractivity contribution in [3.63, 3.8) is 0 Å². The molecule has 0 saturated heterocycles. The van der Waals surface area contributed by atoms with Crippen molar-refractivity contribution in [1.29, 1.82) is 0 Å². The van der Waals surface area contributed by atoms with Crippen molar-refractivity contribution < 1.29 is 0 Å². The summed E-state index contributed by atoms with van der Waals surface area (Å²) in [5, 5.41) is 3.97. The molecule has 3 rings (SSSR count). The van der Waals surface area contributed by atoms with Crippen molar-refractivity contribution in [2.24, 2.45) is 0 Å². The van der Waals surface area contributed by atoms with Crippen molar-refractivity contribution in [2.45, 2.75) is 0 Å². The molecule has 16 heavy (non-hydrogen) atoms. The number of anilines is 1. The third-order valence-electron chi connectivity index (χ3n) is 2.29. The van der Waals surface area contributed by atoms with Gasteiger partial charge >= 0.3 is 0 Å². The highest BCUT2D eigenvalue weighted by Gasteiger charge is 2.03. The molecule has 0 aliphatic rings. The summed E-state index contributed by atoms with van der Waals surface area (Å²) in [6.45, 7) is 0. The van der Waals surface area contributed by atoms with Gasteiger partial charge in [-0.1, -0.05) is 30.3 Å². The summed E-state index contributed by atoms with van der Waals surface area (Å²) in [6, 6.07) is 11.8. The molecule has 2 N–H and O–H groups in total. The van der Waals surface area contributed by atoms with Gasteiger partial charge in [0.1, 0.15) is 0 Å². The molecule has 0 saturated carbocycles. The van der Waals surface area contributed by atoms with E-state index < -0.39 is 0 Å². The van der Waals surface area contributed by atoms with E-state index in [2.05, 4.69) is 15.1 Å². The molecule has 0 atom stereocenters. The summed E-state index contributed by atoms with van der Waals surface area (Å²) >= 11 is 0. The van der Waals surface area contributed by atoms with Crippen molar-refractivity contribution >= 4 is 11.7 Å². The van der Waals surface area contributed by atoms with Gasteiger partial charge in [-0.2, -0.15) is 4.98 Å². The summed E-state index contributed by atoms with van der Waals surface area (Å²) in [5.41, 5.74) is 7.41. The zero-order valence-corrected chi connectivity index (χ0v) is 8.41. The van der Waals surface area contributed by atoms with E-state index in [-0.39, 0.29) is 5.95 Å². The Morgan fingerprint density at radius 3 is 2.62 bits per heavy atom. The normalized spacial score (nSPS) is 10.8. The number of nitrogens with two attached hydrogens (primary N) is 1. The first-order valence-corrected chi connectivity index (χ1v) is 4.87. The van der Waals surface area contributed by atoms with Crippen LogP contribution in [0.3, 0.4) is 0 Å². The molecule has 5 heteroatoms. The first kappa shape index (κ1) is 8.84. The summed E-state index contributed by atoms with van der Waals surface area (Å²) < 4.78 is 1.56. The number of hydrogen-bond donors (Lipinski definition) is 1. The van der Waals surface area contributed by atoms with Gasteiger partial charge in [-0.05, 0) is 6.07 Å². The highest BCUT2D eigenvalue weighted by atomic mass is 15.3. The molecule has 3 aromatic rings.